The van der Waals surface area contributed by atoms with Crippen LogP contribution in [0.2, 0.25) is 0 Å². The third-order valence-corrected chi connectivity index (χ3v) is 4.91. The quantitative estimate of drug-likeness (QED) is 0.850. The molecule has 1 fully saturated rings. The highest BCUT2D eigenvalue weighted by Gasteiger charge is 2.41. The molecule has 2 aromatic rings. The largest absolute Gasteiger partial charge is 0.368 e. The number of tetrazole rings is 1. The first-order valence-electron chi connectivity index (χ1n) is 6.68. The lowest BCUT2D eigenvalue weighted by atomic mass is 9.99. The van der Waals surface area contributed by atoms with Gasteiger partial charge in [0.05, 0.1) is 11.2 Å². The number of carbonyl (C=O) groups excluding carboxylic acids is 1. The molecule has 0 bridgehead atoms. The second kappa shape index (κ2) is 5.45. The van der Waals surface area contributed by atoms with Gasteiger partial charge < -0.3 is 11.5 Å². The van der Waals surface area contributed by atoms with Crippen LogP contribution in [0.4, 0.5) is 0 Å². The molecular weight excluding hydrogens is 288 g/mol. The van der Waals surface area contributed by atoms with Gasteiger partial charge in [-0.1, -0.05) is 30.0 Å². The second-order valence-electron chi connectivity index (χ2n) is 5.21. The van der Waals surface area contributed by atoms with Gasteiger partial charge in [-0.2, -0.15) is 4.68 Å². The van der Waals surface area contributed by atoms with Gasteiger partial charge >= 0.3 is 0 Å². The standard InChI is InChI=1S/C13H16N6OS/c14-11(20)13(15)7-6-10(8-13)21-12-16-17-18-19(12)9-4-2-1-3-5-9/h1-5,10H,6-8,15H2,(H2,14,20). The number of nitrogens with zero attached hydrogens (tertiary/aromatic N) is 4. The Morgan fingerprint density at radius 2 is 2.14 bits per heavy atom. The van der Waals surface area contributed by atoms with Crippen molar-refractivity contribution in [1.29, 1.82) is 0 Å². The zero-order chi connectivity index (χ0) is 14.9. The number of hydrogen-bond donors (Lipinski definition) is 2. The maximum Gasteiger partial charge on any atom is 0.237 e. The molecular formula is C13H16N6OS. The van der Waals surface area contributed by atoms with E-state index in [1.165, 1.54) is 11.8 Å². The molecule has 7 nitrogen and oxygen atoms in total. The lowest BCUT2D eigenvalue weighted by molar-refractivity contribution is -0.122. The normalized spacial score (nSPS) is 25.1. The van der Waals surface area contributed by atoms with Crippen molar-refractivity contribution in [3.63, 3.8) is 0 Å². The van der Waals surface area contributed by atoms with Crippen molar-refractivity contribution in [3.8, 4) is 5.69 Å². The van der Waals surface area contributed by atoms with Gasteiger partial charge in [0.15, 0.2) is 0 Å². The lowest BCUT2D eigenvalue weighted by Gasteiger charge is -2.19. The molecule has 2 atom stereocenters. The summed E-state index contributed by atoms with van der Waals surface area (Å²) in [6, 6.07) is 9.67. The summed E-state index contributed by atoms with van der Waals surface area (Å²) in [4.78, 5) is 11.4. The summed E-state index contributed by atoms with van der Waals surface area (Å²) in [5.74, 6) is -0.437. The van der Waals surface area contributed by atoms with Crippen LogP contribution in [0.15, 0.2) is 35.5 Å². The van der Waals surface area contributed by atoms with E-state index in [0.717, 1.165) is 12.1 Å². The molecule has 0 saturated heterocycles. The molecule has 0 aliphatic heterocycles. The Kier molecular flexibility index (Phi) is 3.64. The molecule has 4 N–H and O–H groups in total. The summed E-state index contributed by atoms with van der Waals surface area (Å²) in [7, 11) is 0. The Morgan fingerprint density at radius 1 is 1.38 bits per heavy atom. The van der Waals surface area contributed by atoms with Gasteiger partial charge in [0.1, 0.15) is 0 Å². The van der Waals surface area contributed by atoms with Gasteiger partial charge in [0.25, 0.3) is 0 Å². The van der Waals surface area contributed by atoms with Gasteiger partial charge in [-0.15, -0.1) is 5.10 Å². The van der Waals surface area contributed by atoms with E-state index < -0.39 is 11.4 Å². The summed E-state index contributed by atoms with van der Waals surface area (Å²) >= 11 is 1.54. The predicted molar refractivity (Wildman–Crippen MR) is 78.8 cm³/mol. The van der Waals surface area contributed by atoms with Crippen molar-refractivity contribution >= 4 is 17.7 Å². The number of aromatic nitrogens is 4. The predicted octanol–water partition coefficient (Wildman–Crippen LogP) is 0.490. The van der Waals surface area contributed by atoms with Crippen LogP contribution < -0.4 is 11.5 Å². The summed E-state index contributed by atoms with van der Waals surface area (Å²) in [5, 5.41) is 12.7. The number of benzene rings is 1. The lowest BCUT2D eigenvalue weighted by Crippen LogP contribution is -2.50. The van der Waals surface area contributed by atoms with Crippen molar-refractivity contribution in [2.75, 3.05) is 0 Å². The average molecular weight is 304 g/mol. The number of carbonyl (C=O) groups is 1. The fraction of sp³-hybridized carbons (Fsp3) is 0.385. The van der Waals surface area contributed by atoms with Crippen molar-refractivity contribution in [2.45, 2.75) is 35.2 Å². The van der Waals surface area contributed by atoms with Crippen molar-refractivity contribution in [3.05, 3.63) is 30.3 Å². The van der Waals surface area contributed by atoms with E-state index in [0.29, 0.717) is 18.0 Å². The maximum atomic E-state index is 11.4. The molecule has 110 valence electrons. The smallest absolute Gasteiger partial charge is 0.237 e. The molecule has 0 spiro atoms. The van der Waals surface area contributed by atoms with Crippen LogP contribution in [0.25, 0.3) is 5.69 Å². The Labute approximate surface area is 126 Å². The first-order chi connectivity index (χ1) is 10.1. The van der Waals surface area contributed by atoms with Crippen LogP contribution >= 0.6 is 11.8 Å². The van der Waals surface area contributed by atoms with E-state index in [1.54, 1.807) is 4.68 Å². The molecule has 1 aliphatic rings. The van der Waals surface area contributed by atoms with E-state index >= 15 is 0 Å². The minimum Gasteiger partial charge on any atom is -0.368 e. The molecule has 1 aromatic carbocycles. The van der Waals surface area contributed by atoms with E-state index in [1.807, 2.05) is 30.3 Å². The Morgan fingerprint density at radius 3 is 2.81 bits per heavy atom. The summed E-state index contributed by atoms with van der Waals surface area (Å²) in [5.41, 5.74) is 11.4. The van der Waals surface area contributed by atoms with E-state index in [9.17, 15) is 4.79 Å². The molecule has 3 rings (SSSR count). The van der Waals surface area contributed by atoms with Crippen LogP contribution in [-0.2, 0) is 4.79 Å². The number of para-hydroxylation sites is 1. The number of amides is 1. The van der Waals surface area contributed by atoms with E-state index in [2.05, 4.69) is 15.5 Å². The molecule has 0 radical (unpaired) electrons. The van der Waals surface area contributed by atoms with Crippen LogP contribution in [-0.4, -0.2) is 36.9 Å². The van der Waals surface area contributed by atoms with Gasteiger partial charge in [-0.3, -0.25) is 4.79 Å². The van der Waals surface area contributed by atoms with Gasteiger partial charge in [-0.25, -0.2) is 0 Å². The summed E-state index contributed by atoms with van der Waals surface area (Å²) in [6.45, 7) is 0. The number of primary amides is 1. The number of hydrogen-bond acceptors (Lipinski definition) is 6. The number of thioether (sulfide) groups is 1. The number of rotatable bonds is 4. The maximum absolute atomic E-state index is 11.4. The van der Waals surface area contributed by atoms with Crippen molar-refractivity contribution < 1.29 is 4.79 Å². The highest BCUT2D eigenvalue weighted by Crippen LogP contribution is 2.38. The highest BCUT2D eigenvalue weighted by atomic mass is 32.2. The zero-order valence-corrected chi connectivity index (χ0v) is 12.2. The topological polar surface area (TPSA) is 113 Å². The van der Waals surface area contributed by atoms with Crippen molar-refractivity contribution in [2.24, 2.45) is 11.5 Å². The average Bonchev–Trinajstić information content (AvgIpc) is 3.08. The van der Waals surface area contributed by atoms with Crippen LogP contribution in [0.1, 0.15) is 19.3 Å². The molecule has 1 aliphatic carbocycles. The fourth-order valence-corrected chi connectivity index (χ4v) is 3.73. The third-order valence-electron chi connectivity index (χ3n) is 3.71. The minimum absolute atomic E-state index is 0.191. The molecule has 1 heterocycles. The Hall–Kier alpha value is -1.93. The van der Waals surface area contributed by atoms with Crippen LogP contribution in [0, 0.1) is 0 Å². The Bertz CT molecular complexity index is 645. The van der Waals surface area contributed by atoms with E-state index in [4.69, 9.17) is 11.5 Å². The first-order valence-corrected chi connectivity index (χ1v) is 7.56. The fourth-order valence-electron chi connectivity index (χ4n) is 2.49. The molecule has 1 aromatic heterocycles. The van der Waals surface area contributed by atoms with Gasteiger partial charge in [0.2, 0.25) is 11.1 Å². The summed E-state index contributed by atoms with van der Waals surface area (Å²) in [6.07, 6.45) is 1.98. The Balaban J connectivity index is 1.76. The molecule has 1 amide bonds. The van der Waals surface area contributed by atoms with Crippen molar-refractivity contribution in [1.82, 2.24) is 20.2 Å². The molecule has 1 saturated carbocycles. The van der Waals surface area contributed by atoms with Gasteiger partial charge in [-0.05, 0) is 41.8 Å². The molecule has 8 heteroatoms. The molecule has 2 unspecified atom stereocenters. The zero-order valence-electron chi connectivity index (χ0n) is 11.3. The highest BCUT2D eigenvalue weighted by molar-refractivity contribution is 7.99. The molecule has 21 heavy (non-hydrogen) atoms. The van der Waals surface area contributed by atoms with Gasteiger partial charge in [0, 0.05) is 5.25 Å². The minimum atomic E-state index is -0.900. The summed E-state index contributed by atoms with van der Waals surface area (Å²) < 4.78 is 1.69. The first kappa shape index (κ1) is 14.0. The second-order valence-corrected chi connectivity index (χ2v) is 6.48. The SMILES string of the molecule is NC(=O)C1(N)CCC(Sc2nnnn2-c2ccccc2)C1. The number of nitrogens with two attached hydrogens (primary N) is 2. The van der Waals surface area contributed by atoms with Crippen LogP contribution in [0.3, 0.4) is 0 Å². The van der Waals surface area contributed by atoms with E-state index in [-0.39, 0.29) is 5.25 Å². The van der Waals surface area contributed by atoms with Crippen LogP contribution in [0.5, 0.6) is 0 Å². The third kappa shape index (κ3) is 2.77. The monoisotopic (exact) mass is 304 g/mol.